The molecule has 1 aromatic rings. The molecule has 0 bridgehead atoms. The summed E-state index contributed by atoms with van der Waals surface area (Å²) in [6, 6.07) is 5.44. The van der Waals surface area contributed by atoms with E-state index in [2.05, 4.69) is 13.8 Å². The van der Waals surface area contributed by atoms with Crippen LogP contribution in [0.5, 0.6) is 0 Å². The van der Waals surface area contributed by atoms with Crippen molar-refractivity contribution in [2.24, 2.45) is 0 Å². The summed E-state index contributed by atoms with van der Waals surface area (Å²) >= 11 is 12.1. The van der Waals surface area contributed by atoms with E-state index in [0.29, 0.717) is 22.9 Å². The van der Waals surface area contributed by atoms with E-state index in [1.807, 2.05) is 12.1 Å². The molecule has 0 atom stereocenters. The summed E-state index contributed by atoms with van der Waals surface area (Å²) in [6.45, 7) is 4.11. The molecule has 0 aliphatic carbocycles. The molecule has 0 heterocycles. The first-order valence-corrected chi connectivity index (χ1v) is 6.47. The number of hydrogen-bond donors (Lipinski definition) is 1. The van der Waals surface area contributed by atoms with Gasteiger partial charge in [-0.15, -0.1) is 0 Å². The first-order chi connectivity index (χ1) is 7.55. The highest BCUT2D eigenvalue weighted by Gasteiger charge is 2.29. The van der Waals surface area contributed by atoms with E-state index in [4.69, 9.17) is 23.2 Å². The molecule has 0 amide bonds. The van der Waals surface area contributed by atoms with Gasteiger partial charge >= 0.3 is 0 Å². The van der Waals surface area contributed by atoms with Gasteiger partial charge < -0.3 is 5.11 Å². The van der Waals surface area contributed by atoms with Crippen molar-refractivity contribution >= 4 is 23.2 Å². The number of aliphatic hydroxyl groups is 1. The summed E-state index contributed by atoms with van der Waals surface area (Å²) in [4.78, 5) is 0. The van der Waals surface area contributed by atoms with Crippen molar-refractivity contribution in [3.63, 3.8) is 0 Å². The van der Waals surface area contributed by atoms with Crippen LogP contribution >= 0.6 is 23.2 Å². The number of halogens is 2. The monoisotopic (exact) mass is 260 g/mol. The Balaban J connectivity index is 3.15. The predicted molar refractivity (Wildman–Crippen MR) is 70.2 cm³/mol. The van der Waals surface area contributed by atoms with Gasteiger partial charge in [-0.3, -0.25) is 0 Å². The lowest BCUT2D eigenvalue weighted by molar-refractivity contribution is 0.0171. The summed E-state index contributed by atoms with van der Waals surface area (Å²) in [7, 11) is 0. The van der Waals surface area contributed by atoms with Gasteiger partial charge in [0.1, 0.15) is 0 Å². The lowest BCUT2D eigenvalue weighted by Gasteiger charge is -2.29. The van der Waals surface area contributed by atoms with Gasteiger partial charge in [0.25, 0.3) is 0 Å². The molecule has 0 aliphatic rings. The van der Waals surface area contributed by atoms with Crippen LogP contribution in [0.1, 0.15) is 45.1 Å². The van der Waals surface area contributed by atoms with Gasteiger partial charge in [0, 0.05) is 5.56 Å². The van der Waals surface area contributed by atoms with Crippen LogP contribution < -0.4 is 0 Å². The molecule has 1 N–H and O–H groups in total. The molecule has 1 rings (SSSR count). The van der Waals surface area contributed by atoms with Crippen LogP contribution in [0.3, 0.4) is 0 Å². The van der Waals surface area contributed by atoms with Crippen LogP contribution in [-0.2, 0) is 5.60 Å². The average Bonchev–Trinajstić information content (AvgIpc) is 2.22. The first kappa shape index (κ1) is 13.8. The van der Waals surface area contributed by atoms with Crippen molar-refractivity contribution in [3.8, 4) is 0 Å². The summed E-state index contributed by atoms with van der Waals surface area (Å²) in [6.07, 6.45) is 3.25. The van der Waals surface area contributed by atoms with E-state index in [0.717, 1.165) is 18.4 Å². The van der Waals surface area contributed by atoms with E-state index < -0.39 is 5.60 Å². The van der Waals surface area contributed by atoms with Gasteiger partial charge in [0.15, 0.2) is 0 Å². The Bertz CT molecular complexity index is 344. The van der Waals surface area contributed by atoms with Crippen LogP contribution in [0.2, 0.25) is 10.0 Å². The maximum absolute atomic E-state index is 10.6. The molecule has 1 aromatic carbocycles. The Hall–Kier alpha value is -0.240. The predicted octanol–water partition coefficient (Wildman–Crippen LogP) is 4.78. The molecule has 0 fully saturated rings. The first-order valence-electron chi connectivity index (χ1n) is 5.72. The normalized spacial score (nSPS) is 11.8. The van der Waals surface area contributed by atoms with E-state index in [1.54, 1.807) is 6.07 Å². The number of rotatable bonds is 5. The van der Waals surface area contributed by atoms with Crippen molar-refractivity contribution in [3.05, 3.63) is 33.8 Å². The minimum absolute atomic E-state index is 0.480. The molecule has 0 saturated heterocycles. The van der Waals surface area contributed by atoms with Gasteiger partial charge in [-0.1, -0.05) is 62.0 Å². The number of hydrogen-bond acceptors (Lipinski definition) is 1. The van der Waals surface area contributed by atoms with Gasteiger partial charge in [-0.2, -0.15) is 0 Å². The number of benzene rings is 1. The standard InChI is InChI=1S/C13H18Cl2O/c1-3-8-13(16,9-4-2)10-6-5-7-11(14)12(10)15/h5-7,16H,3-4,8-9H2,1-2H3. The fourth-order valence-corrected chi connectivity index (χ4v) is 2.56. The molecular weight excluding hydrogens is 243 g/mol. The zero-order chi connectivity index (χ0) is 12.2. The van der Waals surface area contributed by atoms with E-state index in [1.165, 1.54) is 0 Å². The second kappa shape index (κ2) is 5.90. The van der Waals surface area contributed by atoms with E-state index >= 15 is 0 Å². The quantitative estimate of drug-likeness (QED) is 0.808. The molecule has 0 aliphatic heterocycles. The lowest BCUT2D eigenvalue weighted by Crippen LogP contribution is -2.25. The largest absolute Gasteiger partial charge is 0.385 e. The van der Waals surface area contributed by atoms with Gasteiger partial charge in [0.2, 0.25) is 0 Å². The van der Waals surface area contributed by atoms with Crippen molar-refractivity contribution in [2.45, 2.75) is 45.1 Å². The second-order valence-electron chi connectivity index (χ2n) is 4.13. The molecule has 16 heavy (non-hydrogen) atoms. The molecule has 1 nitrogen and oxygen atoms in total. The van der Waals surface area contributed by atoms with Crippen LogP contribution in [0.25, 0.3) is 0 Å². The van der Waals surface area contributed by atoms with Crippen molar-refractivity contribution in [1.29, 1.82) is 0 Å². The lowest BCUT2D eigenvalue weighted by atomic mass is 9.85. The van der Waals surface area contributed by atoms with Gasteiger partial charge in [-0.05, 0) is 18.9 Å². The Labute approximate surface area is 107 Å². The molecule has 0 aromatic heterocycles. The highest BCUT2D eigenvalue weighted by molar-refractivity contribution is 6.42. The van der Waals surface area contributed by atoms with Crippen LogP contribution in [-0.4, -0.2) is 5.11 Å². The Morgan fingerprint density at radius 3 is 2.19 bits per heavy atom. The van der Waals surface area contributed by atoms with Crippen LogP contribution in [0, 0.1) is 0 Å². The average molecular weight is 261 g/mol. The molecule has 3 heteroatoms. The minimum atomic E-state index is -0.842. The fourth-order valence-electron chi connectivity index (χ4n) is 2.08. The highest BCUT2D eigenvalue weighted by Crippen LogP contribution is 2.38. The molecule has 0 spiro atoms. The maximum atomic E-state index is 10.6. The SMILES string of the molecule is CCCC(O)(CCC)c1cccc(Cl)c1Cl. The molecule has 0 radical (unpaired) electrons. The minimum Gasteiger partial charge on any atom is -0.385 e. The highest BCUT2D eigenvalue weighted by atomic mass is 35.5. The van der Waals surface area contributed by atoms with Crippen LogP contribution in [0.4, 0.5) is 0 Å². The summed E-state index contributed by atoms with van der Waals surface area (Å²) < 4.78 is 0. The zero-order valence-electron chi connectivity index (χ0n) is 9.76. The molecule has 0 unspecified atom stereocenters. The van der Waals surface area contributed by atoms with E-state index in [9.17, 15) is 5.11 Å². The smallest absolute Gasteiger partial charge is 0.0911 e. The topological polar surface area (TPSA) is 20.2 Å². The summed E-state index contributed by atoms with van der Waals surface area (Å²) in [5.74, 6) is 0. The third-order valence-corrected chi connectivity index (χ3v) is 3.60. The maximum Gasteiger partial charge on any atom is 0.0911 e. The van der Waals surface area contributed by atoms with Crippen LogP contribution in [0.15, 0.2) is 18.2 Å². The van der Waals surface area contributed by atoms with E-state index in [-0.39, 0.29) is 0 Å². The summed E-state index contributed by atoms with van der Waals surface area (Å²) in [5, 5.41) is 11.6. The van der Waals surface area contributed by atoms with Gasteiger partial charge in [-0.25, -0.2) is 0 Å². The molecule has 0 saturated carbocycles. The second-order valence-corrected chi connectivity index (χ2v) is 4.92. The van der Waals surface area contributed by atoms with Crippen molar-refractivity contribution in [2.75, 3.05) is 0 Å². The zero-order valence-corrected chi connectivity index (χ0v) is 11.3. The third-order valence-electron chi connectivity index (χ3n) is 2.78. The van der Waals surface area contributed by atoms with Crippen molar-refractivity contribution in [1.82, 2.24) is 0 Å². The summed E-state index contributed by atoms with van der Waals surface area (Å²) in [5.41, 5.74) is -0.0868. The molecule has 90 valence electrons. The van der Waals surface area contributed by atoms with Gasteiger partial charge in [0.05, 0.1) is 15.6 Å². The Morgan fingerprint density at radius 2 is 1.69 bits per heavy atom. The fraction of sp³-hybridized carbons (Fsp3) is 0.538. The Kier molecular flexibility index (Phi) is 5.10. The Morgan fingerprint density at radius 1 is 1.12 bits per heavy atom. The third kappa shape index (κ3) is 2.91. The van der Waals surface area contributed by atoms with Crippen molar-refractivity contribution < 1.29 is 5.11 Å². The molecular formula is C13H18Cl2O.